The van der Waals surface area contributed by atoms with Crippen LogP contribution in [0.25, 0.3) is 0 Å². The first-order valence-electron chi connectivity index (χ1n) is 4.59. The quantitative estimate of drug-likeness (QED) is 0.348. The molecule has 0 rings (SSSR count). The molecule has 0 aliphatic carbocycles. The van der Waals surface area contributed by atoms with E-state index in [9.17, 15) is 14.7 Å². The van der Waals surface area contributed by atoms with Crippen LogP contribution in [0.5, 0.6) is 0 Å². The molecule has 1 radical (unpaired) electrons. The predicted molar refractivity (Wildman–Crippen MR) is 69.2 cm³/mol. The maximum absolute atomic E-state index is 11.3. The molecule has 0 aliphatic rings. The van der Waals surface area contributed by atoms with Gasteiger partial charge in [0, 0.05) is 48.5 Å². The van der Waals surface area contributed by atoms with Crippen LogP contribution >= 0.6 is 0 Å². The number of nitrogens with one attached hydrogen (secondary N) is 1. The Morgan fingerprint density at radius 3 is 2.05 bits per heavy atom. The molecule has 1 amide bonds. The summed E-state index contributed by atoms with van der Waals surface area (Å²) in [4.78, 5) is 21.4. The van der Waals surface area contributed by atoms with E-state index in [1.807, 2.05) is 0 Å². The van der Waals surface area contributed by atoms with Gasteiger partial charge < -0.3 is 20.6 Å². The van der Waals surface area contributed by atoms with Crippen molar-refractivity contribution >= 4 is 72.7 Å². The van der Waals surface area contributed by atoms with E-state index in [0.29, 0.717) is 0 Å². The zero-order valence-corrected chi connectivity index (χ0v) is 13.8. The van der Waals surface area contributed by atoms with Gasteiger partial charge in [0.1, 0.15) is 6.10 Å². The number of carbonyl (C=O) groups excluding carboxylic acids is 1. The summed E-state index contributed by atoms with van der Waals surface area (Å²) in [6.45, 7) is 2.70. The van der Waals surface area contributed by atoms with Crippen LogP contribution in [0.2, 0.25) is 0 Å². The molecule has 0 unspecified atom stereocenters. The summed E-state index contributed by atoms with van der Waals surface area (Å²) >= 11 is 0. The number of aliphatic hydroxyl groups excluding tert-OH is 2. The van der Waals surface area contributed by atoms with Gasteiger partial charge in [-0.3, -0.25) is 9.59 Å². The molecule has 0 aromatic carbocycles. The number of hydrogen-bond acceptors (Lipinski definition) is 4. The van der Waals surface area contributed by atoms with Crippen molar-refractivity contribution < 1.29 is 61.5 Å². The summed E-state index contributed by atoms with van der Waals surface area (Å²) in [5, 5.41) is 29.0. The molecular formula is C9H21CaCuMgNO5Zn. The molecule has 0 saturated carbocycles. The second kappa shape index (κ2) is 16.4. The molecule has 0 saturated heterocycles. The molecule has 0 aromatic rings. The fourth-order valence-corrected chi connectivity index (χ4v) is 0.831. The predicted octanol–water partition coefficient (Wildman–Crippen LogP) is -2.88. The van der Waals surface area contributed by atoms with Gasteiger partial charge in [-0.25, -0.2) is 0 Å². The maximum Gasteiger partial charge on any atom is 0.316 e. The number of hydrogen-bond donors (Lipinski definition) is 4. The third kappa shape index (κ3) is 14.7. The van der Waals surface area contributed by atoms with Gasteiger partial charge in [0.15, 0.2) is 0 Å². The molecule has 10 heteroatoms. The number of amides is 1. The van der Waals surface area contributed by atoms with Crippen LogP contribution in [0, 0.1) is 5.41 Å². The van der Waals surface area contributed by atoms with Crippen LogP contribution in [0.15, 0.2) is 0 Å². The van der Waals surface area contributed by atoms with E-state index in [2.05, 4.69) is 5.32 Å². The molecule has 6 nitrogen and oxygen atoms in total. The maximum atomic E-state index is 11.3. The molecular weight excluding hydrogens is 395 g/mol. The summed E-state index contributed by atoms with van der Waals surface area (Å²) in [5.74, 6) is -1.69. The van der Waals surface area contributed by atoms with Crippen LogP contribution in [0.3, 0.4) is 0 Å². The molecule has 0 spiro atoms. The molecule has 0 aromatic heterocycles. The Labute approximate surface area is 182 Å². The Hall–Kier alpha value is 2.03. The van der Waals surface area contributed by atoms with Gasteiger partial charge in [-0.05, 0) is 0 Å². The minimum absolute atomic E-state index is 0. The number of aliphatic carboxylic acids is 1. The van der Waals surface area contributed by atoms with Gasteiger partial charge in [0.05, 0.1) is 13.0 Å². The van der Waals surface area contributed by atoms with Gasteiger partial charge in [0.2, 0.25) is 5.91 Å². The monoisotopic (exact) mass is 414 g/mol. The van der Waals surface area contributed by atoms with E-state index >= 15 is 0 Å². The molecule has 0 bridgehead atoms. The normalized spacial score (nSPS) is 10.5. The van der Waals surface area contributed by atoms with Gasteiger partial charge in [0.25, 0.3) is 0 Å². The first-order valence-corrected chi connectivity index (χ1v) is 4.59. The largest absolute Gasteiger partial charge is 0.316 e. The smallest absolute Gasteiger partial charge is 0 e. The fraction of sp³-hybridized carbons (Fsp3) is 0.778. The average Bonchev–Trinajstić information content (AvgIpc) is 2.15. The minimum atomic E-state index is -1.35. The number of rotatable bonds is 6. The van der Waals surface area contributed by atoms with Crippen LogP contribution in [-0.2, 0) is 46.1 Å². The molecule has 1 atom stereocenters. The van der Waals surface area contributed by atoms with Crippen LogP contribution in [0.1, 0.15) is 20.3 Å². The average molecular weight is 417 g/mol. The first kappa shape index (κ1) is 32.8. The standard InChI is InChI=1S/C9H17NO5.Ca.Cu.Mg.Zn.4H/c1-9(2,5-11)7(14)8(15)10-4-3-6(12)13;;;;;;;;/h7,11,14H,3-5H2,1-2H3,(H,10,15)(H,12,13);;;;;;;;/t7-;;;;;;;;/m0......../s1. The summed E-state index contributed by atoms with van der Waals surface area (Å²) < 4.78 is 0. The fourth-order valence-electron chi connectivity index (χ4n) is 0.831. The first-order chi connectivity index (χ1) is 6.81. The second-order valence-electron chi connectivity index (χ2n) is 3.98. The van der Waals surface area contributed by atoms with Crippen LogP contribution in [0.4, 0.5) is 0 Å². The van der Waals surface area contributed by atoms with Crippen molar-refractivity contribution in [2.45, 2.75) is 26.4 Å². The number of carboxylic acids is 1. The molecule has 19 heavy (non-hydrogen) atoms. The van der Waals surface area contributed by atoms with E-state index in [1.165, 1.54) is 13.8 Å². The van der Waals surface area contributed by atoms with E-state index in [-0.39, 0.29) is 117 Å². The van der Waals surface area contributed by atoms with E-state index in [1.54, 1.807) is 0 Å². The molecule has 0 fully saturated rings. The van der Waals surface area contributed by atoms with Gasteiger partial charge in [-0.2, -0.15) is 0 Å². The third-order valence-corrected chi connectivity index (χ3v) is 2.03. The van der Waals surface area contributed by atoms with Crippen molar-refractivity contribution in [2.24, 2.45) is 5.41 Å². The Morgan fingerprint density at radius 2 is 1.74 bits per heavy atom. The molecule has 109 valence electrons. The van der Waals surface area contributed by atoms with E-state index in [0.717, 1.165) is 0 Å². The van der Waals surface area contributed by atoms with Crippen molar-refractivity contribution in [3.8, 4) is 0 Å². The summed E-state index contributed by atoms with van der Waals surface area (Å²) in [6.07, 6.45) is -1.55. The summed E-state index contributed by atoms with van der Waals surface area (Å²) in [6, 6.07) is 0. The van der Waals surface area contributed by atoms with E-state index < -0.39 is 23.4 Å². The summed E-state index contributed by atoms with van der Waals surface area (Å²) in [5.41, 5.74) is -0.937. The number of carbonyl (C=O) groups is 2. The Bertz CT molecular complexity index is 261. The zero-order chi connectivity index (χ0) is 12.1. The van der Waals surface area contributed by atoms with Crippen molar-refractivity contribution in [3.63, 3.8) is 0 Å². The zero-order valence-electron chi connectivity index (χ0n) is 9.87. The van der Waals surface area contributed by atoms with E-state index in [4.69, 9.17) is 10.2 Å². The Kier molecular flexibility index (Phi) is 28.3. The SMILES string of the molecule is CC(C)(CO)[C@@H](O)C(=O)NCCC(=O)O.[CaH2].[Cu].[MgH2].[Zn]. The van der Waals surface area contributed by atoms with Crippen molar-refractivity contribution in [1.82, 2.24) is 5.32 Å². The minimum Gasteiger partial charge on any atom is 0 e. The van der Waals surface area contributed by atoms with Crippen LogP contribution in [-0.4, -0.2) is 107 Å². The second-order valence-corrected chi connectivity index (χ2v) is 3.98. The molecule has 0 heterocycles. The van der Waals surface area contributed by atoms with Crippen molar-refractivity contribution in [3.05, 3.63) is 0 Å². The van der Waals surface area contributed by atoms with Crippen molar-refractivity contribution in [1.29, 1.82) is 0 Å². The van der Waals surface area contributed by atoms with Crippen molar-refractivity contribution in [2.75, 3.05) is 13.2 Å². The van der Waals surface area contributed by atoms with Gasteiger partial charge >= 0.3 is 66.8 Å². The van der Waals surface area contributed by atoms with Gasteiger partial charge in [-0.1, -0.05) is 13.8 Å². The Balaban J connectivity index is -0.000000163. The topological polar surface area (TPSA) is 107 Å². The molecule has 4 N–H and O–H groups in total. The number of aliphatic hydroxyl groups is 2. The molecule has 0 aliphatic heterocycles. The van der Waals surface area contributed by atoms with Crippen LogP contribution < -0.4 is 5.32 Å². The number of carboxylic acid groups (broad SMARTS) is 1. The van der Waals surface area contributed by atoms with Gasteiger partial charge in [-0.15, -0.1) is 0 Å². The summed E-state index contributed by atoms with van der Waals surface area (Å²) in [7, 11) is 0. The Morgan fingerprint density at radius 1 is 1.32 bits per heavy atom. The third-order valence-electron chi connectivity index (χ3n) is 2.03.